The molecule has 188 valence electrons. The Balaban J connectivity index is 1.48. The molecule has 1 aromatic carbocycles. The Hall–Kier alpha value is -1.63. The Morgan fingerprint density at radius 3 is 2.56 bits per heavy atom. The van der Waals surface area contributed by atoms with Gasteiger partial charge in [0.1, 0.15) is 0 Å². The molecular weight excluding hydrogens is 450 g/mol. The Bertz CT molecular complexity index is 840. The standard InChI is InChI=1S/C27H40ClN3O3/c1-21(2)19-34-24-15-27(26(33)31(17-24)16-22-7-9-23(28)10-8-22)11-6-12-29(20-27)18-25(32)30-13-4-3-5-14-30/h7-10,21,24H,3-6,11-20H2,1-2H3/t24-,27+/m0/s1. The second kappa shape index (κ2) is 11.4. The van der Waals surface area contributed by atoms with Gasteiger partial charge in [0.05, 0.1) is 18.1 Å². The van der Waals surface area contributed by atoms with E-state index in [0.717, 1.165) is 57.3 Å². The molecule has 3 aliphatic rings. The number of amides is 2. The molecule has 7 heteroatoms. The van der Waals surface area contributed by atoms with Gasteiger partial charge in [-0.1, -0.05) is 37.6 Å². The molecule has 0 bridgehead atoms. The Kier molecular flexibility index (Phi) is 8.54. The second-order valence-electron chi connectivity index (χ2n) is 10.9. The van der Waals surface area contributed by atoms with E-state index in [1.54, 1.807) is 0 Å². The lowest BCUT2D eigenvalue weighted by Crippen LogP contribution is -2.60. The second-order valence-corrected chi connectivity index (χ2v) is 11.3. The lowest BCUT2D eigenvalue weighted by atomic mass is 9.72. The molecule has 3 heterocycles. The lowest BCUT2D eigenvalue weighted by molar-refractivity contribution is -0.162. The summed E-state index contributed by atoms with van der Waals surface area (Å²) in [4.78, 5) is 33.1. The summed E-state index contributed by atoms with van der Waals surface area (Å²) in [6.07, 6.45) is 5.97. The monoisotopic (exact) mass is 489 g/mol. The van der Waals surface area contributed by atoms with E-state index in [0.29, 0.717) is 43.7 Å². The molecule has 3 aliphatic heterocycles. The van der Waals surface area contributed by atoms with Crippen molar-refractivity contribution in [3.63, 3.8) is 0 Å². The minimum atomic E-state index is -0.479. The molecule has 0 saturated carbocycles. The van der Waals surface area contributed by atoms with Crippen molar-refractivity contribution in [1.82, 2.24) is 14.7 Å². The fraction of sp³-hybridized carbons (Fsp3) is 0.704. The fourth-order valence-electron chi connectivity index (χ4n) is 5.78. The van der Waals surface area contributed by atoms with Crippen molar-refractivity contribution in [3.8, 4) is 0 Å². The molecule has 0 N–H and O–H groups in total. The number of halogens is 1. The molecule has 0 aliphatic carbocycles. The van der Waals surface area contributed by atoms with Crippen molar-refractivity contribution in [3.05, 3.63) is 34.9 Å². The molecule has 3 saturated heterocycles. The summed E-state index contributed by atoms with van der Waals surface area (Å²) >= 11 is 6.07. The highest BCUT2D eigenvalue weighted by Crippen LogP contribution is 2.41. The third-order valence-electron chi connectivity index (χ3n) is 7.46. The van der Waals surface area contributed by atoms with Crippen LogP contribution in [0.5, 0.6) is 0 Å². The molecule has 2 atom stereocenters. The number of nitrogens with zero attached hydrogens (tertiary/aromatic N) is 3. The molecule has 0 unspecified atom stereocenters. The maximum absolute atomic E-state index is 13.9. The number of carbonyl (C=O) groups excluding carboxylic acids is 2. The first-order valence-corrected chi connectivity index (χ1v) is 13.4. The first-order chi connectivity index (χ1) is 16.3. The summed E-state index contributed by atoms with van der Waals surface area (Å²) in [5.74, 6) is 0.871. The highest BCUT2D eigenvalue weighted by molar-refractivity contribution is 6.30. The van der Waals surface area contributed by atoms with E-state index in [4.69, 9.17) is 16.3 Å². The summed E-state index contributed by atoms with van der Waals surface area (Å²) in [6.45, 7) is 9.87. The highest BCUT2D eigenvalue weighted by Gasteiger charge is 2.50. The van der Waals surface area contributed by atoms with Crippen molar-refractivity contribution in [1.29, 1.82) is 0 Å². The summed E-state index contributed by atoms with van der Waals surface area (Å²) in [5, 5.41) is 0.699. The van der Waals surface area contributed by atoms with Crippen LogP contribution in [-0.4, -0.2) is 78.5 Å². The van der Waals surface area contributed by atoms with Gasteiger partial charge in [-0.15, -0.1) is 0 Å². The van der Waals surface area contributed by atoms with Gasteiger partial charge in [0, 0.05) is 44.4 Å². The maximum Gasteiger partial charge on any atom is 0.236 e. The number of carbonyl (C=O) groups is 2. The molecule has 0 aromatic heterocycles. The van der Waals surface area contributed by atoms with Gasteiger partial charge in [-0.05, 0) is 68.7 Å². The Morgan fingerprint density at radius 2 is 1.85 bits per heavy atom. The van der Waals surface area contributed by atoms with Gasteiger partial charge in [0.2, 0.25) is 11.8 Å². The van der Waals surface area contributed by atoms with E-state index in [9.17, 15) is 9.59 Å². The number of ether oxygens (including phenoxy) is 1. The summed E-state index contributed by atoms with van der Waals surface area (Å²) < 4.78 is 6.31. The predicted octanol–water partition coefficient (Wildman–Crippen LogP) is 4.21. The van der Waals surface area contributed by atoms with Crippen LogP contribution in [0.15, 0.2) is 24.3 Å². The van der Waals surface area contributed by atoms with Gasteiger partial charge in [0.15, 0.2) is 0 Å². The molecular formula is C27H40ClN3O3. The van der Waals surface area contributed by atoms with E-state index < -0.39 is 5.41 Å². The first kappa shape index (κ1) is 25.5. The summed E-state index contributed by atoms with van der Waals surface area (Å²) in [6, 6.07) is 7.74. The van der Waals surface area contributed by atoms with E-state index in [-0.39, 0.29) is 17.9 Å². The zero-order valence-electron chi connectivity index (χ0n) is 20.8. The summed E-state index contributed by atoms with van der Waals surface area (Å²) in [7, 11) is 0. The fourth-order valence-corrected chi connectivity index (χ4v) is 5.90. The zero-order chi connectivity index (χ0) is 24.1. The molecule has 2 amide bonds. The van der Waals surface area contributed by atoms with Crippen LogP contribution in [0.4, 0.5) is 0 Å². The van der Waals surface area contributed by atoms with Gasteiger partial charge < -0.3 is 14.5 Å². The van der Waals surface area contributed by atoms with Gasteiger partial charge in [-0.25, -0.2) is 0 Å². The van der Waals surface area contributed by atoms with Crippen LogP contribution >= 0.6 is 11.6 Å². The maximum atomic E-state index is 13.9. The number of piperidine rings is 3. The average molecular weight is 490 g/mol. The number of rotatable bonds is 7. The quantitative estimate of drug-likeness (QED) is 0.575. The molecule has 6 nitrogen and oxygen atoms in total. The Morgan fingerprint density at radius 1 is 1.12 bits per heavy atom. The van der Waals surface area contributed by atoms with Gasteiger partial charge in [0.25, 0.3) is 0 Å². The average Bonchev–Trinajstić information content (AvgIpc) is 2.83. The van der Waals surface area contributed by atoms with Crippen LogP contribution < -0.4 is 0 Å². The van der Waals surface area contributed by atoms with Crippen molar-refractivity contribution in [2.24, 2.45) is 11.3 Å². The molecule has 34 heavy (non-hydrogen) atoms. The minimum Gasteiger partial charge on any atom is -0.376 e. The smallest absolute Gasteiger partial charge is 0.236 e. The minimum absolute atomic E-state index is 0.0187. The largest absolute Gasteiger partial charge is 0.376 e. The number of benzene rings is 1. The predicted molar refractivity (Wildman–Crippen MR) is 135 cm³/mol. The van der Waals surface area contributed by atoms with Crippen LogP contribution in [0.3, 0.4) is 0 Å². The van der Waals surface area contributed by atoms with E-state index in [2.05, 4.69) is 18.7 Å². The van der Waals surface area contributed by atoms with Crippen LogP contribution in [-0.2, 0) is 20.9 Å². The number of likely N-dealkylation sites (tertiary alicyclic amines) is 3. The van der Waals surface area contributed by atoms with Crippen LogP contribution in [0.25, 0.3) is 0 Å². The van der Waals surface area contributed by atoms with Gasteiger partial charge >= 0.3 is 0 Å². The molecule has 0 radical (unpaired) electrons. The molecule has 1 aromatic rings. The molecule has 3 fully saturated rings. The summed E-state index contributed by atoms with van der Waals surface area (Å²) in [5.41, 5.74) is 0.595. The van der Waals surface area contributed by atoms with E-state index in [1.165, 1.54) is 6.42 Å². The van der Waals surface area contributed by atoms with Crippen LogP contribution in [0, 0.1) is 11.3 Å². The molecule has 1 spiro atoms. The van der Waals surface area contributed by atoms with Crippen molar-refractivity contribution in [2.45, 2.75) is 65.0 Å². The van der Waals surface area contributed by atoms with Crippen molar-refractivity contribution >= 4 is 23.4 Å². The van der Waals surface area contributed by atoms with E-state index >= 15 is 0 Å². The number of hydrogen-bond acceptors (Lipinski definition) is 4. The van der Waals surface area contributed by atoms with Crippen LogP contribution in [0.1, 0.15) is 57.9 Å². The normalized spacial score (nSPS) is 26.5. The van der Waals surface area contributed by atoms with Crippen molar-refractivity contribution in [2.75, 3.05) is 45.9 Å². The SMILES string of the molecule is CC(C)CO[C@@H]1CN(Cc2ccc(Cl)cc2)C(=O)[C@]2(CCCN(CC(=O)N3CCCCC3)C2)C1. The van der Waals surface area contributed by atoms with Crippen LogP contribution in [0.2, 0.25) is 5.02 Å². The zero-order valence-corrected chi connectivity index (χ0v) is 21.6. The third-order valence-corrected chi connectivity index (χ3v) is 7.71. The van der Waals surface area contributed by atoms with Gasteiger partial charge in [-0.2, -0.15) is 0 Å². The third kappa shape index (κ3) is 6.32. The Labute approximate surface area is 209 Å². The molecule has 4 rings (SSSR count). The number of hydrogen-bond donors (Lipinski definition) is 0. The topological polar surface area (TPSA) is 53.1 Å². The van der Waals surface area contributed by atoms with Gasteiger partial charge in [-0.3, -0.25) is 14.5 Å². The highest BCUT2D eigenvalue weighted by atomic mass is 35.5. The van der Waals surface area contributed by atoms with Crippen molar-refractivity contribution < 1.29 is 14.3 Å². The first-order valence-electron chi connectivity index (χ1n) is 13.0. The lowest BCUT2D eigenvalue weighted by Gasteiger charge is -2.49. The van der Waals surface area contributed by atoms with E-state index in [1.807, 2.05) is 34.1 Å².